The average molecular weight is 445 g/mol. The Kier molecular flexibility index (Phi) is 7.86. The number of thiocarbonyl (C=S) groups is 1. The van der Waals surface area contributed by atoms with E-state index in [1.54, 1.807) is 24.3 Å². The Labute approximate surface area is 177 Å². The summed E-state index contributed by atoms with van der Waals surface area (Å²) in [6.45, 7) is 1.92. The molecular formula is C18H16Cl3N3O2S. The summed E-state index contributed by atoms with van der Waals surface area (Å²) in [5.41, 5.74) is 1.24. The van der Waals surface area contributed by atoms with Gasteiger partial charge in [-0.3, -0.25) is 14.9 Å². The normalized spacial score (nSPS) is 10.2. The second-order valence-electron chi connectivity index (χ2n) is 5.53. The van der Waals surface area contributed by atoms with Crippen LogP contribution in [0.3, 0.4) is 0 Å². The molecular weight excluding hydrogens is 429 g/mol. The number of hydrogen-bond acceptors (Lipinski definition) is 3. The summed E-state index contributed by atoms with van der Waals surface area (Å²) >= 11 is 23.1. The third-order valence-electron chi connectivity index (χ3n) is 3.38. The average Bonchev–Trinajstić information content (AvgIpc) is 2.57. The molecule has 2 aromatic carbocycles. The van der Waals surface area contributed by atoms with Crippen molar-refractivity contribution >= 4 is 75.3 Å². The van der Waals surface area contributed by atoms with Gasteiger partial charge in [-0.1, -0.05) is 41.7 Å². The number of benzene rings is 2. The summed E-state index contributed by atoms with van der Waals surface area (Å²) in [6.07, 6.45) is 1.16. The SMILES string of the molecule is CCCC(=O)Nc1ccc(Cl)c(NC(=S)NC(=O)c2ccc(Cl)cc2Cl)c1. The van der Waals surface area contributed by atoms with Crippen molar-refractivity contribution in [3.8, 4) is 0 Å². The van der Waals surface area contributed by atoms with Crippen molar-refractivity contribution in [1.29, 1.82) is 0 Å². The predicted octanol–water partition coefficient (Wildman–Crippen LogP) is 5.51. The molecule has 3 N–H and O–H groups in total. The van der Waals surface area contributed by atoms with Crippen LogP contribution in [0.5, 0.6) is 0 Å². The third kappa shape index (κ3) is 6.36. The standard InChI is InChI=1S/C18H16Cl3N3O2S/c1-2-3-16(25)22-11-5-7-13(20)15(9-11)23-18(27)24-17(26)12-6-4-10(19)8-14(12)21/h4-9H,2-3H2,1H3,(H,22,25)(H2,23,24,26,27). The number of halogens is 3. The second-order valence-corrected chi connectivity index (χ2v) is 7.18. The van der Waals surface area contributed by atoms with E-state index in [-0.39, 0.29) is 21.6 Å². The van der Waals surface area contributed by atoms with E-state index in [1.165, 1.54) is 12.1 Å². The predicted molar refractivity (Wildman–Crippen MR) is 115 cm³/mol. The number of carbonyl (C=O) groups excluding carboxylic acids is 2. The highest BCUT2D eigenvalue weighted by molar-refractivity contribution is 7.80. The Morgan fingerprint density at radius 3 is 2.41 bits per heavy atom. The zero-order valence-corrected chi connectivity index (χ0v) is 17.3. The minimum Gasteiger partial charge on any atom is -0.331 e. The van der Waals surface area contributed by atoms with Crippen molar-refractivity contribution in [2.75, 3.05) is 10.6 Å². The van der Waals surface area contributed by atoms with Crippen LogP contribution in [0.15, 0.2) is 36.4 Å². The van der Waals surface area contributed by atoms with Crippen LogP contribution in [0.1, 0.15) is 30.1 Å². The number of carbonyl (C=O) groups is 2. The molecule has 0 unspecified atom stereocenters. The Bertz CT molecular complexity index is 890. The van der Waals surface area contributed by atoms with E-state index in [0.717, 1.165) is 6.42 Å². The fraction of sp³-hybridized carbons (Fsp3) is 0.167. The fourth-order valence-electron chi connectivity index (χ4n) is 2.15. The molecule has 5 nitrogen and oxygen atoms in total. The smallest absolute Gasteiger partial charge is 0.258 e. The summed E-state index contributed by atoms with van der Waals surface area (Å²) in [5.74, 6) is -0.586. The van der Waals surface area contributed by atoms with Gasteiger partial charge >= 0.3 is 0 Å². The molecule has 0 fully saturated rings. The van der Waals surface area contributed by atoms with Gasteiger partial charge in [-0.15, -0.1) is 0 Å². The van der Waals surface area contributed by atoms with E-state index in [4.69, 9.17) is 47.0 Å². The summed E-state index contributed by atoms with van der Waals surface area (Å²) < 4.78 is 0. The van der Waals surface area contributed by atoms with Gasteiger partial charge in [-0.2, -0.15) is 0 Å². The summed E-state index contributed by atoms with van der Waals surface area (Å²) in [6, 6.07) is 9.44. The molecule has 2 amide bonds. The van der Waals surface area contributed by atoms with Crippen LogP contribution in [0.4, 0.5) is 11.4 Å². The maximum Gasteiger partial charge on any atom is 0.258 e. The fourth-order valence-corrected chi connectivity index (χ4v) is 3.01. The molecule has 0 aliphatic heterocycles. The molecule has 0 aromatic heterocycles. The highest BCUT2D eigenvalue weighted by atomic mass is 35.5. The van der Waals surface area contributed by atoms with Gasteiger partial charge in [0.1, 0.15) is 0 Å². The van der Waals surface area contributed by atoms with Crippen LogP contribution >= 0.6 is 47.0 Å². The molecule has 0 saturated carbocycles. The Morgan fingerprint density at radius 2 is 1.74 bits per heavy atom. The Morgan fingerprint density at radius 1 is 1.00 bits per heavy atom. The van der Waals surface area contributed by atoms with Crippen LogP contribution in [-0.4, -0.2) is 16.9 Å². The minimum absolute atomic E-state index is 0.0324. The lowest BCUT2D eigenvalue weighted by Gasteiger charge is -2.13. The monoisotopic (exact) mass is 443 g/mol. The molecule has 2 aromatic rings. The first-order valence-corrected chi connectivity index (χ1v) is 9.51. The van der Waals surface area contributed by atoms with Crippen molar-refractivity contribution in [3.05, 3.63) is 57.0 Å². The van der Waals surface area contributed by atoms with Crippen molar-refractivity contribution in [2.24, 2.45) is 0 Å². The molecule has 0 spiro atoms. The van der Waals surface area contributed by atoms with Gasteiger partial charge < -0.3 is 10.6 Å². The number of rotatable bonds is 5. The lowest BCUT2D eigenvalue weighted by molar-refractivity contribution is -0.116. The molecule has 9 heteroatoms. The molecule has 142 valence electrons. The molecule has 0 aliphatic rings. The van der Waals surface area contributed by atoms with Crippen molar-refractivity contribution in [2.45, 2.75) is 19.8 Å². The summed E-state index contributed by atoms with van der Waals surface area (Å²) in [5, 5.41) is 9.16. The highest BCUT2D eigenvalue weighted by Crippen LogP contribution is 2.26. The largest absolute Gasteiger partial charge is 0.331 e. The molecule has 0 atom stereocenters. The van der Waals surface area contributed by atoms with Gasteiger partial charge in [-0.05, 0) is 55.0 Å². The van der Waals surface area contributed by atoms with Gasteiger partial charge in [0.05, 0.1) is 21.3 Å². The molecule has 0 bridgehead atoms. The topological polar surface area (TPSA) is 70.2 Å². The van der Waals surface area contributed by atoms with E-state index >= 15 is 0 Å². The van der Waals surface area contributed by atoms with Gasteiger partial charge in [0, 0.05) is 17.1 Å². The van der Waals surface area contributed by atoms with Crippen LogP contribution in [0.2, 0.25) is 15.1 Å². The van der Waals surface area contributed by atoms with E-state index in [1.807, 2.05) is 6.92 Å². The number of anilines is 2. The third-order valence-corrected chi connectivity index (χ3v) is 4.46. The lowest BCUT2D eigenvalue weighted by Crippen LogP contribution is -2.34. The molecule has 27 heavy (non-hydrogen) atoms. The van der Waals surface area contributed by atoms with E-state index < -0.39 is 5.91 Å². The maximum absolute atomic E-state index is 12.3. The highest BCUT2D eigenvalue weighted by Gasteiger charge is 2.13. The number of amides is 2. The lowest BCUT2D eigenvalue weighted by atomic mass is 10.2. The minimum atomic E-state index is -0.488. The van der Waals surface area contributed by atoms with Crippen LogP contribution < -0.4 is 16.0 Å². The molecule has 2 rings (SSSR count). The van der Waals surface area contributed by atoms with Crippen LogP contribution in [-0.2, 0) is 4.79 Å². The van der Waals surface area contributed by atoms with Crippen molar-refractivity contribution in [1.82, 2.24) is 5.32 Å². The van der Waals surface area contributed by atoms with E-state index in [2.05, 4.69) is 16.0 Å². The number of nitrogens with one attached hydrogen (secondary N) is 3. The Hall–Kier alpha value is -1.86. The number of hydrogen-bond donors (Lipinski definition) is 3. The Balaban J connectivity index is 2.06. The van der Waals surface area contributed by atoms with Gasteiger partial charge in [-0.25, -0.2) is 0 Å². The van der Waals surface area contributed by atoms with Crippen molar-refractivity contribution < 1.29 is 9.59 Å². The van der Waals surface area contributed by atoms with Gasteiger partial charge in [0.2, 0.25) is 5.91 Å². The molecule has 0 heterocycles. The summed E-state index contributed by atoms with van der Waals surface area (Å²) in [7, 11) is 0. The van der Waals surface area contributed by atoms with Gasteiger partial charge in [0.15, 0.2) is 5.11 Å². The van der Waals surface area contributed by atoms with Crippen molar-refractivity contribution in [3.63, 3.8) is 0 Å². The maximum atomic E-state index is 12.3. The first-order chi connectivity index (χ1) is 12.8. The van der Waals surface area contributed by atoms with E-state index in [9.17, 15) is 9.59 Å². The van der Waals surface area contributed by atoms with Crippen LogP contribution in [0.25, 0.3) is 0 Å². The molecule has 0 radical (unpaired) electrons. The molecule has 0 saturated heterocycles. The zero-order chi connectivity index (χ0) is 20.0. The first kappa shape index (κ1) is 21.4. The van der Waals surface area contributed by atoms with Crippen LogP contribution in [0, 0.1) is 0 Å². The van der Waals surface area contributed by atoms with E-state index in [0.29, 0.717) is 27.8 Å². The molecule has 0 aliphatic carbocycles. The zero-order valence-electron chi connectivity index (χ0n) is 14.2. The quantitative estimate of drug-likeness (QED) is 0.532. The first-order valence-electron chi connectivity index (χ1n) is 7.97. The second kappa shape index (κ2) is 9.90. The van der Waals surface area contributed by atoms with Gasteiger partial charge in [0.25, 0.3) is 5.91 Å². The summed E-state index contributed by atoms with van der Waals surface area (Å²) in [4.78, 5) is 24.0.